The van der Waals surface area contributed by atoms with Gasteiger partial charge in [-0.05, 0) is 44.4 Å². The van der Waals surface area contributed by atoms with Crippen LogP contribution in [-0.4, -0.2) is 49.5 Å². The molecule has 2 rings (SSSR count). The van der Waals surface area contributed by atoms with E-state index >= 15 is 0 Å². The second kappa shape index (κ2) is 8.15. The van der Waals surface area contributed by atoms with Crippen LogP contribution in [0.3, 0.4) is 0 Å². The van der Waals surface area contributed by atoms with Crippen molar-refractivity contribution in [2.24, 2.45) is 0 Å². The summed E-state index contributed by atoms with van der Waals surface area (Å²) in [7, 11) is 3.23. The van der Waals surface area contributed by atoms with Crippen LogP contribution in [0.1, 0.15) is 38.3 Å². The van der Waals surface area contributed by atoms with Crippen molar-refractivity contribution in [1.29, 1.82) is 0 Å². The number of likely N-dealkylation sites (tertiary alicyclic amines) is 1. The number of likely N-dealkylation sites (N-methyl/N-ethyl adjacent to an activating group) is 1. The Morgan fingerprint density at radius 1 is 1.25 bits per heavy atom. The Morgan fingerprint density at radius 2 is 1.92 bits per heavy atom. The maximum absolute atomic E-state index is 12.5. The molecule has 1 aromatic rings. The summed E-state index contributed by atoms with van der Waals surface area (Å²) in [6.07, 6.45) is 1.67. The number of rotatable bonds is 6. The molecule has 2 amide bonds. The van der Waals surface area contributed by atoms with Crippen LogP contribution < -0.4 is 15.4 Å². The maximum Gasteiger partial charge on any atom is 0.241 e. The minimum Gasteiger partial charge on any atom is -0.497 e. The Hall–Kier alpha value is -2.08. The van der Waals surface area contributed by atoms with Gasteiger partial charge in [0.1, 0.15) is 11.8 Å². The van der Waals surface area contributed by atoms with Gasteiger partial charge in [0.15, 0.2) is 0 Å². The van der Waals surface area contributed by atoms with Crippen molar-refractivity contribution < 1.29 is 14.3 Å². The van der Waals surface area contributed by atoms with Crippen LogP contribution in [0, 0.1) is 0 Å². The molecule has 1 saturated heterocycles. The van der Waals surface area contributed by atoms with Crippen LogP contribution in [0.15, 0.2) is 24.3 Å². The summed E-state index contributed by atoms with van der Waals surface area (Å²) >= 11 is 0. The SMILES string of the molecule is CNC(=O)C(c1ccc(OC)cc1)N1CCCC1C(=O)NC(C)C. The molecule has 0 aromatic heterocycles. The van der Waals surface area contributed by atoms with E-state index < -0.39 is 6.04 Å². The van der Waals surface area contributed by atoms with Gasteiger partial charge in [0, 0.05) is 19.6 Å². The maximum atomic E-state index is 12.5. The monoisotopic (exact) mass is 333 g/mol. The molecular weight excluding hydrogens is 306 g/mol. The summed E-state index contributed by atoms with van der Waals surface area (Å²) in [4.78, 5) is 27.0. The van der Waals surface area contributed by atoms with Gasteiger partial charge in [-0.3, -0.25) is 14.5 Å². The van der Waals surface area contributed by atoms with Crippen molar-refractivity contribution in [3.05, 3.63) is 29.8 Å². The topological polar surface area (TPSA) is 70.7 Å². The summed E-state index contributed by atoms with van der Waals surface area (Å²) in [6.45, 7) is 4.61. The molecule has 132 valence electrons. The molecule has 1 heterocycles. The van der Waals surface area contributed by atoms with Crippen LogP contribution in [0.25, 0.3) is 0 Å². The van der Waals surface area contributed by atoms with Gasteiger partial charge in [0.25, 0.3) is 0 Å². The van der Waals surface area contributed by atoms with Gasteiger partial charge in [-0.2, -0.15) is 0 Å². The second-order valence-electron chi connectivity index (χ2n) is 6.35. The van der Waals surface area contributed by atoms with Crippen LogP contribution in [-0.2, 0) is 9.59 Å². The first kappa shape index (κ1) is 18.3. The average Bonchev–Trinajstić information content (AvgIpc) is 3.04. The Kier molecular flexibility index (Phi) is 6.20. The molecule has 6 heteroatoms. The predicted molar refractivity (Wildman–Crippen MR) is 92.8 cm³/mol. The molecule has 2 N–H and O–H groups in total. The van der Waals surface area contributed by atoms with Gasteiger partial charge in [-0.1, -0.05) is 12.1 Å². The second-order valence-corrected chi connectivity index (χ2v) is 6.35. The number of hydrogen-bond donors (Lipinski definition) is 2. The lowest BCUT2D eigenvalue weighted by atomic mass is 10.0. The number of hydrogen-bond acceptors (Lipinski definition) is 4. The lowest BCUT2D eigenvalue weighted by Crippen LogP contribution is -2.49. The fourth-order valence-corrected chi connectivity index (χ4v) is 3.18. The zero-order chi connectivity index (χ0) is 17.7. The number of carbonyl (C=O) groups is 2. The smallest absolute Gasteiger partial charge is 0.241 e. The van der Waals surface area contributed by atoms with E-state index in [9.17, 15) is 9.59 Å². The number of nitrogens with one attached hydrogen (secondary N) is 2. The van der Waals surface area contributed by atoms with Gasteiger partial charge < -0.3 is 15.4 Å². The lowest BCUT2D eigenvalue weighted by molar-refractivity contribution is -0.131. The Labute approximate surface area is 143 Å². The first-order valence-corrected chi connectivity index (χ1v) is 8.39. The zero-order valence-corrected chi connectivity index (χ0v) is 14.8. The summed E-state index contributed by atoms with van der Waals surface area (Å²) in [6, 6.07) is 6.76. The predicted octanol–water partition coefficient (Wildman–Crippen LogP) is 1.47. The Balaban J connectivity index is 2.28. The molecule has 0 bridgehead atoms. The average molecular weight is 333 g/mol. The summed E-state index contributed by atoms with van der Waals surface area (Å²) in [5.74, 6) is 0.624. The van der Waals surface area contributed by atoms with E-state index in [4.69, 9.17) is 4.74 Å². The van der Waals surface area contributed by atoms with Crippen LogP contribution >= 0.6 is 0 Å². The molecule has 0 spiro atoms. The highest BCUT2D eigenvalue weighted by molar-refractivity contribution is 5.86. The van der Waals surface area contributed by atoms with Crippen molar-refractivity contribution in [3.8, 4) is 5.75 Å². The van der Waals surface area contributed by atoms with Crippen LogP contribution in [0.4, 0.5) is 0 Å². The summed E-state index contributed by atoms with van der Waals surface area (Å²) in [5.41, 5.74) is 0.861. The Morgan fingerprint density at radius 3 is 2.46 bits per heavy atom. The van der Waals surface area contributed by atoms with Crippen LogP contribution in [0.5, 0.6) is 5.75 Å². The molecule has 0 saturated carbocycles. The van der Waals surface area contributed by atoms with E-state index in [0.717, 1.165) is 30.7 Å². The molecule has 1 aromatic carbocycles. The fraction of sp³-hybridized carbons (Fsp3) is 0.556. The van der Waals surface area contributed by atoms with Crippen molar-refractivity contribution in [2.75, 3.05) is 20.7 Å². The number of amides is 2. The van der Waals surface area contributed by atoms with Crippen molar-refractivity contribution >= 4 is 11.8 Å². The molecule has 1 fully saturated rings. The van der Waals surface area contributed by atoms with Gasteiger partial charge in [0.05, 0.1) is 13.2 Å². The molecule has 2 unspecified atom stereocenters. The number of nitrogens with zero attached hydrogens (tertiary/aromatic N) is 1. The largest absolute Gasteiger partial charge is 0.497 e. The van der Waals surface area contributed by atoms with E-state index in [2.05, 4.69) is 10.6 Å². The van der Waals surface area contributed by atoms with Crippen molar-refractivity contribution in [1.82, 2.24) is 15.5 Å². The Bertz CT molecular complexity index is 571. The number of methoxy groups -OCH3 is 1. The number of benzene rings is 1. The quantitative estimate of drug-likeness (QED) is 0.827. The van der Waals surface area contributed by atoms with Crippen molar-refractivity contribution in [2.45, 2.75) is 44.8 Å². The molecular formula is C18H27N3O3. The third-order valence-corrected chi connectivity index (χ3v) is 4.29. The third kappa shape index (κ3) is 4.06. The molecule has 1 aliphatic rings. The molecule has 6 nitrogen and oxygen atoms in total. The molecule has 1 aliphatic heterocycles. The molecule has 0 radical (unpaired) electrons. The first-order chi connectivity index (χ1) is 11.5. The molecule has 2 atom stereocenters. The van der Waals surface area contributed by atoms with Gasteiger partial charge >= 0.3 is 0 Å². The summed E-state index contributed by atoms with van der Waals surface area (Å²) < 4.78 is 5.19. The normalized spacial score (nSPS) is 19.1. The highest BCUT2D eigenvalue weighted by Crippen LogP contribution is 2.31. The minimum absolute atomic E-state index is 0.00934. The van der Waals surface area contributed by atoms with E-state index in [-0.39, 0.29) is 23.9 Å². The van der Waals surface area contributed by atoms with E-state index in [1.807, 2.05) is 43.0 Å². The van der Waals surface area contributed by atoms with Gasteiger partial charge in [0.2, 0.25) is 11.8 Å². The minimum atomic E-state index is -0.480. The third-order valence-electron chi connectivity index (χ3n) is 4.29. The number of carbonyl (C=O) groups excluding carboxylic acids is 2. The van der Waals surface area contributed by atoms with E-state index in [0.29, 0.717) is 0 Å². The van der Waals surface area contributed by atoms with E-state index in [1.54, 1.807) is 14.2 Å². The molecule has 0 aliphatic carbocycles. The highest BCUT2D eigenvalue weighted by atomic mass is 16.5. The first-order valence-electron chi connectivity index (χ1n) is 8.39. The lowest BCUT2D eigenvalue weighted by Gasteiger charge is -2.32. The highest BCUT2D eigenvalue weighted by Gasteiger charge is 2.39. The van der Waals surface area contributed by atoms with Crippen molar-refractivity contribution in [3.63, 3.8) is 0 Å². The van der Waals surface area contributed by atoms with Gasteiger partial charge in [-0.15, -0.1) is 0 Å². The number of ether oxygens (including phenoxy) is 1. The fourth-order valence-electron chi connectivity index (χ4n) is 3.18. The van der Waals surface area contributed by atoms with Gasteiger partial charge in [-0.25, -0.2) is 0 Å². The zero-order valence-electron chi connectivity index (χ0n) is 14.8. The van der Waals surface area contributed by atoms with Crippen LogP contribution in [0.2, 0.25) is 0 Å². The van der Waals surface area contributed by atoms with E-state index in [1.165, 1.54) is 0 Å². The molecule has 24 heavy (non-hydrogen) atoms. The standard InChI is InChI=1S/C18H27N3O3/c1-12(2)20-17(22)15-6-5-11-21(15)16(18(23)19-3)13-7-9-14(24-4)10-8-13/h7-10,12,15-16H,5-6,11H2,1-4H3,(H,19,23)(H,20,22). The summed E-state index contributed by atoms with van der Waals surface area (Å²) in [5, 5.41) is 5.69.